The Bertz CT molecular complexity index is 460. The molecule has 1 aromatic carbocycles. The number of benzene rings is 1. The molecule has 74 valence electrons. The molecule has 3 heteroatoms. The zero-order valence-corrected chi connectivity index (χ0v) is 9.84. The van der Waals surface area contributed by atoms with Crippen LogP contribution in [0.5, 0.6) is 0 Å². The lowest BCUT2D eigenvalue weighted by Gasteiger charge is -2.09. The Hall–Kier alpha value is -0.510. The van der Waals surface area contributed by atoms with Crippen molar-refractivity contribution in [1.29, 1.82) is 0 Å². The maximum absolute atomic E-state index is 9.38. The molecule has 0 fully saturated rings. The van der Waals surface area contributed by atoms with Gasteiger partial charge < -0.3 is 5.11 Å². The second-order valence-corrected chi connectivity index (χ2v) is 4.96. The van der Waals surface area contributed by atoms with Crippen LogP contribution in [-0.2, 0) is 6.61 Å². The molecule has 0 bridgehead atoms. The van der Waals surface area contributed by atoms with Crippen LogP contribution in [0.25, 0.3) is 10.1 Å². The molecule has 0 aliphatic rings. The van der Waals surface area contributed by atoms with Crippen LogP contribution in [0.15, 0.2) is 22.4 Å². The number of aliphatic hydroxyl groups is 1. The molecule has 1 nitrogen and oxygen atoms in total. The van der Waals surface area contributed by atoms with E-state index in [9.17, 15) is 5.11 Å². The first kappa shape index (κ1) is 10.0. The number of thioether (sulfide) groups is 1. The number of thiophene rings is 1. The maximum atomic E-state index is 9.38. The van der Waals surface area contributed by atoms with Gasteiger partial charge in [0.15, 0.2) is 0 Å². The van der Waals surface area contributed by atoms with Crippen molar-refractivity contribution in [2.75, 3.05) is 6.26 Å². The average molecular weight is 224 g/mol. The molecule has 0 atom stereocenters. The van der Waals surface area contributed by atoms with E-state index >= 15 is 0 Å². The van der Waals surface area contributed by atoms with Crippen molar-refractivity contribution in [3.8, 4) is 0 Å². The summed E-state index contributed by atoms with van der Waals surface area (Å²) < 4.78 is 1.27. The number of rotatable bonds is 2. The van der Waals surface area contributed by atoms with Crippen molar-refractivity contribution < 1.29 is 5.11 Å². The van der Waals surface area contributed by atoms with Gasteiger partial charge in [0.2, 0.25) is 0 Å². The van der Waals surface area contributed by atoms with E-state index in [1.165, 1.54) is 20.5 Å². The van der Waals surface area contributed by atoms with E-state index in [1.54, 1.807) is 23.1 Å². The van der Waals surface area contributed by atoms with Crippen molar-refractivity contribution in [3.05, 3.63) is 28.6 Å². The van der Waals surface area contributed by atoms with Crippen LogP contribution in [0.4, 0.5) is 0 Å². The third kappa shape index (κ3) is 1.45. The SMILES string of the molecule is CSc1c(C)cc2sccc2c1CO. The number of aryl methyl sites for hydroxylation is 1. The Morgan fingerprint density at radius 1 is 1.50 bits per heavy atom. The van der Waals surface area contributed by atoms with Crippen LogP contribution in [0, 0.1) is 6.92 Å². The molecular weight excluding hydrogens is 212 g/mol. The predicted octanol–water partition coefficient (Wildman–Crippen LogP) is 3.42. The molecule has 2 aromatic rings. The summed E-state index contributed by atoms with van der Waals surface area (Å²) in [6.45, 7) is 2.23. The van der Waals surface area contributed by atoms with Crippen LogP contribution >= 0.6 is 23.1 Å². The van der Waals surface area contributed by atoms with Gasteiger partial charge in [-0.05, 0) is 47.2 Å². The van der Waals surface area contributed by atoms with Gasteiger partial charge in [-0.3, -0.25) is 0 Å². The molecule has 0 unspecified atom stereocenters. The predicted molar refractivity (Wildman–Crippen MR) is 64.3 cm³/mol. The first-order valence-corrected chi connectivity index (χ1v) is 6.53. The molecule has 0 spiro atoms. The van der Waals surface area contributed by atoms with Crippen molar-refractivity contribution in [1.82, 2.24) is 0 Å². The van der Waals surface area contributed by atoms with Crippen LogP contribution in [-0.4, -0.2) is 11.4 Å². The van der Waals surface area contributed by atoms with Crippen molar-refractivity contribution in [2.45, 2.75) is 18.4 Å². The van der Waals surface area contributed by atoms with E-state index in [0.717, 1.165) is 5.56 Å². The number of hydrogen-bond donors (Lipinski definition) is 1. The fraction of sp³-hybridized carbons (Fsp3) is 0.273. The maximum Gasteiger partial charge on any atom is 0.0699 e. The molecule has 1 N–H and O–H groups in total. The Balaban J connectivity index is 2.82. The van der Waals surface area contributed by atoms with Gasteiger partial charge in [-0.1, -0.05) is 0 Å². The molecule has 0 saturated carbocycles. The largest absolute Gasteiger partial charge is 0.392 e. The van der Waals surface area contributed by atoms with Gasteiger partial charge >= 0.3 is 0 Å². The van der Waals surface area contributed by atoms with Crippen molar-refractivity contribution >= 4 is 33.2 Å². The van der Waals surface area contributed by atoms with Gasteiger partial charge in [-0.15, -0.1) is 23.1 Å². The third-order valence-corrected chi connectivity index (χ3v) is 4.20. The molecule has 2 rings (SSSR count). The van der Waals surface area contributed by atoms with E-state index in [0.29, 0.717) is 0 Å². The van der Waals surface area contributed by atoms with E-state index in [-0.39, 0.29) is 6.61 Å². The minimum atomic E-state index is 0.130. The first-order chi connectivity index (χ1) is 6.77. The second kappa shape index (κ2) is 3.93. The van der Waals surface area contributed by atoms with Gasteiger partial charge in [0, 0.05) is 9.60 Å². The third-order valence-electron chi connectivity index (χ3n) is 2.36. The molecule has 14 heavy (non-hydrogen) atoms. The summed E-state index contributed by atoms with van der Waals surface area (Å²) in [5.41, 5.74) is 2.34. The Morgan fingerprint density at radius 3 is 2.93 bits per heavy atom. The Morgan fingerprint density at radius 2 is 2.29 bits per heavy atom. The monoisotopic (exact) mass is 224 g/mol. The molecular formula is C11H12OS2. The van der Waals surface area contributed by atoms with Crippen molar-refractivity contribution in [2.24, 2.45) is 0 Å². The topological polar surface area (TPSA) is 20.2 Å². The van der Waals surface area contributed by atoms with E-state index < -0.39 is 0 Å². The summed E-state index contributed by atoms with van der Waals surface area (Å²) >= 11 is 3.44. The van der Waals surface area contributed by atoms with Gasteiger partial charge in [0.05, 0.1) is 6.61 Å². The molecule has 0 aliphatic heterocycles. The van der Waals surface area contributed by atoms with E-state index in [2.05, 4.69) is 30.7 Å². The average Bonchev–Trinajstić information content (AvgIpc) is 2.62. The molecule has 0 saturated heterocycles. The minimum absolute atomic E-state index is 0.130. The normalized spacial score (nSPS) is 11.1. The fourth-order valence-corrected chi connectivity index (χ4v) is 3.46. The molecule has 1 aromatic heterocycles. The summed E-state index contributed by atoms with van der Waals surface area (Å²) in [4.78, 5) is 1.22. The highest BCUT2D eigenvalue weighted by Crippen LogP contribution is 2.34. The lowest BCUT2D eigenvalue weighted by atomic mass is 10.1. The van der Waals surface area contributed by atoms with Crippen LogP contribution in [0.3, 0.4) is 0 Å². The summed E-state index contributed by atoms with van der Waals surface area (Å²) in [5.74, 6) is 0. The summed E-state index contributed by atoms with van der Waals surface area (Å²) in [7, 11) is 0. The lowest BCUT2D eigenvalue weighted by molar-refractivity contribution is 0.280. The molecule has 0 amide bonds. The van der Waals surface area contributed by atoms with Gasteiger partial charge in [0.25, 0.3) is 0 Å². The Kier molecular flexibility index (Phi) is 2.81. The van der Waals surface area contributed by atoms with Gasteiger partial charge in [-0.2, -0.15) is 0 Å². The van der Waals surface area contributed by atoms with Crippen LogP contribution in [0.1, 0.15) is 11.1 Å². The number of fused-ring (bicyclic) bond motifs is 1. The summed E-state index contributed by atoms with van der Waals surface area (Å²) in [6.07, 6.45) is 2.06. The quantitative estimate of drug-likeness (QED) is 0.789. The van der Waals surface area contributed by atoms with E-state index in [1.807, 2.05) is 0 Å². The smallest absolute Gasteiger partial charge is 0.0699 e. The zero-order valence-electron chi connectivity index (χ0n) is 8.20. The zero-order chi connectivity index (χ0) is 10.1. The molecule has 1 heterocycles. The first-order valence-electron chi connectivity index (χ1n) is 4.42. The molecule has 0 aliphatic carbocycles. The highest BCUT2D eigenvalue weighted by Gasteiger charge is 2.09. The number of aliphatic hydroxyl groups excluding tert-OH is 1. The minimum Gasteiger partial charge on any atom is -0.392 e. The highest BCUT2D eigenvalue weighted by molar-refractivity contribution is 7.98. The Labute approximate surface area is 91.8 Å². The second-order valence-electron chi connectivity index (χ2n) is 3.20. The number of hydrogen-bond acceptors (Lipinski definition) is 3. The summed E-state index contributed by atoms with van der Waals surface area (Å²) in [5, 5.41) is 12.7. The van der Waals surface area contributed by atoms with Gasteiger partial charge in [0.1, 0.15) is 0 Å². The van der Waals surface area contributed by atoms with Gasteiger partial charge in [-0.25, -0.2) is 0 Å². The lowest BCUT2D eigenvalue weighted by Crippen LogP contribution is -1.91. The molecule has 0 radical (unpaired) electrons. The highest BCUT2D eigenvalue weighted by atomic mass is 32.2. The fourth-order valence-electron chi connectivity index (χ4n) is 1.75. The van der Waals surface area contributed by atoms with Crippen LogP contribution in [0.2, 0.25) is 0 Å². The van der Waals surface area contributed by atoms with Crippen molar-refractivity contribution in [3.63, 3.8) is 0 Å². The summed E-state index contributed by atoms with van der Waals surface area (Å²) in [6, 6.07) is 4.29. The van der Waals surface area contributed by atoms with E-state index in [4.69, 9.17) is 0 Å². The van der Waals surface area contributed by atoms with Crippen LogP contribution < -0.4 is 0 Å². The standard InChI is InChI=1S/C11H12OS2/c1-7-5-10-8(3-4-14-10)9(6-12)11(7)13-2/h3-5,12H,6H2,1-2H3.